The molecule has 77 heavy (non-hydrogen) atoms. The molecular weight excluding hydrogens is 1010 g/mol. The molecule has 0 radical (unpaired) electrons. The van der Waals surface area contributed by atoms with Gasteiger partial charge in [-0.05, 0) is 93.7 Å². The molecule has 19 heteroatoms. The number of likely N-dealkylation sites (N-methyl/N-ethyl adjacent to an activating group) is 4. The van der Waals surface area contributed by atoms with Gasteiger partial charge in [0.2, 0.25) is 0 Å². The highest BCUT2D eigenvalue weighted by atomic mass is 35.5. The van der Waals surface area contributed by atoms with Crippen molar-refractivity contribution in [2.45, 2.75) is 177 Å². The fraction of sp³-hybridized carbons (Fsp3) is 0.603. The highest BCUT2D eigenvalue weighted by Crippen LogP contribution is 2.25. The van der Waals surface area contributed by atoms with Crippen LogP contribution in [0, 0.1) is 37.5 Å². The maximum atomic E-state index is 15.0. The van der Waals surface area contributed by atoms with Gasteiger partial charge in [0, 0.05) is 41.0 Å². The summed E-state index contributed by atoms with van der Waals surface area (Å²) in [4.78, 5) is 121. The Morgan fingerprint density at radius 2 is 0.779 bits per heavy atom. The Morgan fingerprint density at radius 1 is 0.468 bits per heavy atom. The van der Waals surface area contributed by atoms with Gasteiger partial charge in [-0.15, -0.1) is 0 Å². The smallest absolute Gasteiger partial charge is 0.329 e. The van der Waals surface area contributed by atoms with Gasteiger partial charge in [-0.1, -0.05) is 122 Å². The van der Waals surface area contributed by atoms with E-state index >= 15 is 0 Å². The van der Waals surface area contributed by atoms with Gasteiger partial charge in [0.05, 0.1) is 23.0 Å². The van der Waals surface area contributed by atoms with E-state index in [-0.39, 0.29) is 62.2 Å². The van der Waals surface area contributed by atoms with E-state index in [0.29, 0.717) is 28.4 Å². The molecule has 1 aromatic heterocycles. The lowest BCUT2D eigenvalue weighted by molar-refractivity contribution is -0.176. The lowest BCUT2D eigenvalue weighted by Gasteiger charge is -2.35. The third-order valence-electron chi connectivity index (χ3n) is 13.8. The summed E-state index contributed by atoms with van der Waals surface area (Å²) in [5.41, 5.74) is 3.61. The van der Waals surface area contributed by atoms with Crippen LogP contribution in [-0.2, 0) is 76.7 Å². The number of ether oxygens (including phenoxy) is 4. The zero-order valence-electron chi connectivity index (χ0n) is 48.0. The Bertz CT molecular complexity index is 2510. The first-order valence-electron chi connectivity index (χ1n) is 26.7. The number of carbonyl (C=O) groups is 8. The summed E-state index contributed by atoms with van der Waals surface area (Å²) < 4.78 is 25.8. The SMILES string of the molecule is Cc1nn(Cc2ccc(C[C@H]3OC(=O)[C@H](CC(C)C)N(C)C(=O)[C@@H](C)OC(=O)[C@H](CC(C)C)N(C)C(=O)[C@@H](Cc4ccccc4)OC(=O)[C@H](CC(C)C)N(C)C(=O)[C@@H](C)OC(=O)[C@H](CC(C)C)N(C)C3=O)cc2)c(C)c1Cl. The Labute approximate surface area is 460 Å². The quantitative estimate of drug-likeness (QED) is 0.116. The molecule has 1 saturated heterocycles. The number of carbonyl (C=O) groups excluding carboxylic acids is 8. The highest BCUT2D eigenvalue weighted by Gasteiger charge is 2.43. The fourth-order valence-electron chi connectivity index (χ4n) is 9.31. The normalized spacial score (nSPS) is 23.7. The first-order valence-corrected chi connectivity index (χ1v) is 27.1. The number of esters is 4. The molecule has 3 aromatic rings. The standard InChI is InChI=1S/C58H83ClN6O12/c1-33(2)26-44-55(70)74-40(12)52(67)62(14)47(29-36(7)8)58(73)77-49(31-42-22-24-43(25-23-42)32-65-38(10)50(59)37(9)60-65)54(69)64(16)45(27-34(3)4)56(71)75-39(11)51(66)61(13)46(28-35(5)6)57(72)76-48(53(68)63(44)15)30-41-20-18-17-19-21-41/h17-25,33-36,39-40,44-49H,26-32H2,1-16H3/t39-,40-,44+,45+,46+,47+,48-,49-/m1/s1. The molecule has 0 bridgehead atoms. The molecule has 0 N–H and O–H groups in total. The van der Waals surface area contributed by atoms with Crippen molar-refractivity contribution in [2.24, 2.45) is 23.7 Å². The van der Waals surface area contributed by atoms with Gasteiger partial charge in [-0.2, -0.15) is 5.10 Å². The van der Waals surface area contributed by atoms with E-state index in [1.807, 2.05) is 81.4 Å². The van der Waals surface area contributed by atoms with Crippen LogP contribution in [0.2, 0.25) is 5.02 Å². The molecule has 0 saturated carbocycles. The summed E-state index contributed by atoms with van der Waals surface area (Å²) >= 11 is 6.42. The lowest BCUT2D eigenvalue weighted by atomic mass is 9.99. The average molecular weight is 1090 g/mol. The van der Waals surface area contributed by atoms with Crippen molar-refractivity contribution in [3.05, 3.63) is 87.7 Å². The van der Waals surface area contributed by atoms with Crippen molar-refractivity contribution in [3.8, 4) is 0 Å². The third kappa shape index (κ3) is 17.3. The van der Waals surface area contributed by atoms with E-state index in [1.54, 1.807) is 47.1 Å². The topological polar surface area (TPSA) is 204 Å². The monoisotopic (exact) mass is 1090 g/mol. The molecule has 18 nitrogen and oxygen atoms in total. The van der Waals surface area contributed by atoms with E-state index in [4.69, 9.17) is 30.5 Å². The fourth-order valence-corrected chi connectivity index (χ4v) is 9.44. The second kappa shape index (κ2) is 28.4. The lowest BCUT2D eigenvalue weighted by Crippen LogP contribution is -2.55. The van der Waals surface area contributed by atoms with Crippen LogP contribution in [0.5, 0.6) is 0 Å². The minimum atomic E-state index is -1.54. The maximum absolute atomic E-state index is 15.0. The van der Waals surface area contributed by atoms with Crippen molar-refractivity contribution in [3.63, 3.8) is 0 Å². The maximum Gasteiger partial charge on any atom is 0.329 e. The molecule has 2 heterocycles. The van der Waals surface area contributed by atoms with Crippen LogP contribution in [0.3, 0.4) is 0 Å². The second-order valence-corrected chi connectivity index (χ2v) is 22.6. The minimum Gasteiger partial charge on any atom is -0.451 e. The largest absolute Gasteiger partial charge is 0.451 e. The Morgan fingerprint density at radius 3 is 1.10 bits per heavy atom. The van der Waals surface area contributed by atoms with Crippen molar-refractivity contribution in [2.75, 3.05) is 28.2 Å². The highest BCUT2D eigenvalue weighted by molar-refractivity contribution is 6.31. The summed E-state index contributed by atoms with van der Waals surface area (Å²) in [5.74, 6) is -7.36. The Hall–Kier alpha value is -6.30. The van der Waals surface area contributed by atoms with E-state index in [9.17, 15) is 38.4 Å². The van der Waals surface area contributed by atoms with Crippen molar-refractivity contribution >= 4 is 59.1 Å². The number of aryl methyl sites for hydroxylation is 1. The number of amides is 4. The number of aromatic nitrogens is 2. The molecule has 1 aliphatic heterocycles. The second-order valence-electron chi connectivity index (χ2n) is 22.2. The van der Waals surface area contributed by atoms with Crippen LogP contribution in [0.15, 0.2) is 54.6 Å². The average Bonchev–Trinajstić information content (AvgIpc) is 3.61. The number of rotatable bonds is 14. The summed E-state index contributed by atoms with van der Waals surface area (Å²) in [6, 6.07) is 11.1. The molecule has 2 aromatic carbocycles. The molecule has 8 atom stereocenters. The molecule has 0 spiro atoms. The van der Waals surface area contributed by atoms with Crippen LogP contribution >= 0.6 is 11.6 Å². The van der Waals surface area contributed by atoms with E-state index in [2.05, 4.69) is 5.10 Å². The molecule has 1 fully saturated rings. The van der Waals surface area contributed by atoms with Crippen LogP contribution in [-0.4, -0.2) is 154 Å². The van der Waals surface area contributed by atoms with Crippen LogP contribution in [0.25, 0.3) is 0 Å². The number of cyclic esters (lactones) is 4. The van der Waals surface area contributed by atoms with Crippen molar-refractivity contribution in [1.82, 2.24) is 29.4 Å². The number of benzene rings is 2. The Balaban J connectivity index is 1.86. The van der Waals surface area contributed by atoms with Gasteiger partial charge in [-0.25, -0.2) is 19.2 Å². The molecule has 4 amide bonds. The summed E-state index contributed by atoms with van der Waals surface area (Å²) in [6.07, 6.45) is -5.86. The number of halogens is 1. The van der Waals surface area contributed by atoms with E-state index in [0.717, 1.165) is 30.9 Å². The first kappa shape index (κ1) is 63.2. The van der Waals surface area contributed by atoms with E-state index in [1.165, 1.54) is 42.0 Å². The molecule has 1 aliphatic rings. The zero-order chi connectivity index (χ0) is 57.7. The summed E-state index contributed by atoms with van der Waals surface area (Å²) in [7, 11) is 5.56. The summed E-state index contributed by atoms with van der Waals surface area (Å²) in [6.45, 7) is 21.6. The predicted molar refractivity (Wildman–Crippen MR) is 291 cm³/mol. The molecular formula is C58H83ClN6O12. The summed E-state index contributed by atoms with van der Waals surface area (Å²) in [5, 5.41) is 5.10. The van der Waals surface area contributed by atoms with Gasteiger partial charge < -0.3 is 38.5 Å². The molecule has 0 unspecified atom stereocenters. The first-order chi connectivity index (χ1) is 36.0. The van der Waals surface area contributed by atoms with Gasteiger partial charge in [0.15, 0.2) is 24.4 Å². The van der Waals surface area contributed by atoms with Gasteiger partial charge in [0.25, 0.3) is 23.6 Å². The molecule has 4 rings (SSSR count). The molecule has 0 aliphatic carbocycles. The van der Waals surface area contributed by atoms with Crippen LogP contribution in [0.1, 0.15) is 123 Å². The number of nitrogens with zero attached hydrogens (tertiary/aromatic N) is 6. The van der Waals surface area contributed by atoms with Crippen molar-refractivity contribution in [1.29, 1.82) is 0 Å². The van der Waals surface area contributed by atoms with Crippen LogP contribution in [0.4, 0.5) is 0 Å². The van der Waals surface area contributed by atoms with Gasteiger partial charge in [0.1, 0.15) is 24.2 Å². The van der Waals surface area contributed by atoms with Gasteiger partial charge in [-0.3, -0.25) is 23.9 Å². The predicted octanol–water partition coefficient (Wildman–Crippen LogP) is 7.18. The zero-order valence-corrected chi connectivity index (χ0v) is 48.8. The minimum absolute atomic E-state index is 0.0823. The van der Waals surface area contributed by atoms with Gasteiger partial charge >= 0.3 is 23.9 Å². The van der Waals surface area contributed by atoms with Crippen molar-refractivity contribution < 1.29 is 57.3 Å². The molecule has 424 valence electrons. The Kier molecular flexibility index (Phi) is 23.3. The number of hydrogen-bond donors (Lipinski definition) is 0. The third-order valence-corrected chi connectivity index (χ3v) is 14.4. The van der Waals surface area contributed by atoms with E-state index < -0.39 is 96.1 Å². The van der Waals surface area contributed by atoms with Crippen LogP contribution < -0.4 is 0 Å². The number of hydrogen-bond acceptors (Lipinski definition) is 13.